The van der Waals surface area contributed by atoms with Gasteiger partial charge in [0.15, 0.2) is 11.5 Å². The molecule has 1 amide bonds. The van der Waals surface area contributed by atoms with Crippen molar-refractivity contribution in [2.24, 2.45) is 0 Å². The summed E-state index contributed by atoms with van der Waals surface area (Å²) >= 11 is 2.14. The summed E-state index contributed by atoms with van der Waals surface area (Å²) in [6, 6.07) is 12.4. The summed E-state index contributed by atoms with van der Waals surface area (Å²) in [4.78, 5) is 12.4. The molecule has 158 valence electrons. The van der Waals surface area contributed by atoms with Crippen molar-refractivity contribution in [1.82, 2.24) is 5.32 Å². The predicted octanol–water partition coefficient (Wildman–Crippen LogP) is 3.17. The van der Waals surface area contributed by atoms with Crippen LogP contribution in [0.1, 0.15) is 19.4 Å². The molecular weight excluding hydrogens is 507 g/mol. The van der Waals surface area contributed by atoms with Crippen LogP contribution in [0.3, 0.4) is 0 Å². The second-order valence-corrected chi connectivity index (χ2v) is 9.32. The third kappa shape index (κ3) is 7.07. The fourth-order valence-electron chi connectivity index (χ4n) is 2.60. The number of nitrogens with zero attached hydrogens (tertiary/aromatic N) is 1. The maximum absolute atomic E-state index is 12.4. The molecule has 0 spiro atoms. The van der Waals surface area contributed by atoms with Gasteiger partial charge in [0.05, 0.1) is 25.2 Å². The van der Waals surface area contributed by atoms with Crippen molar-refractivity contribution in [3.8, 4) is 11.5 Å². The molecule has 0 aliphatic rings. The van der Waals surface area contributed by atoms with Crippen molar-refractivity contribution in [3.63, 3.8) is 0 Å². The van der Waals surface area contributed by atoms with Gasteiger partial charge in [-0.05, 0) is 78.4 Å². The molecule has 1 N–H and O–H groups in total. The molecule has 0 aliphatic heterocycles. The summed E-state index contributed by atoms with van der Waals surface area (Å²) in [7, 11) is -3.60. The highest BCUT2D eigenvalue weighted by atomic mass is 127. The number of ether oxygens (including phenoxy) is 2. The van der Waals surface area contributed by atoms with Crippen molar-refractivity contribution in [2.45, 2.75) is 20.4 Å². The molecule has 0 saturated carbocycles. The molecule has 0 unspecified atom stereocenters. The topological polar surface area (TPSA) is 84.9 Å². The molecule has 2 aromatic rings. The Labute approximate surface area is 185 Å². The van der Waals surface area contributed by atoms with Crippen LogP contribution in [0, 0.1) is 3.57 Å². The van der Waals surface area contributed by atoms with E-state index in [4.69, 9.17) is 9.47 Å². The predicted molar refractivity (Wildman–Crippen MR) is 122 cm³/mol. The molecule has 9 heteroatoms. The molecule has 0 aromatic heterocycles. The minimum Gasteiger partial charge on any atom is -0.490 e. The zero-order valence-corrected chi connectivity index (χ0v) is 19.6. The first kappa shape index (κ1) is 23.3. The van der Waals surface area contributed by atoms with E-state index in [0.29, 0.717) is 30.4 Å². The van der Waals surface area contributed by atoms with E-state index in [0.717, 1.165) is 19.7 Å². The smallest absolute Gasteiger partial charge is 0.241 e. The van der Waals surface area contributed by atoms with Gasteiger partial charge in [-0.15, -0.1) is 0 Å². The van der Waals surface area contributed by atoms with Crippen molar-refractivity contribution < 1.29 is 22.7 Å². The minimum atomic E-state index is -3.60. The first-order valence-electron chi connectivity index (χ1n) is 9.13. The number of amides is 1. The van der Waals surface area contributed by atoms with E-state index in [1.807, 2.05) is 26.0 Å². The normalized spacial score (nSPS) is 11.0. The zero-order chi connectivity index (χ0) is 21.4. The van der Waals surface area contributed by atoms with Crippen LogP contribution in [-0.2, 0) is 21.4 Å². The average Bonchev–Trinajstić information content (AvgIpc) is 2.66. The highest BCUT2D eigenvalue weighted by Gasteiger charge is 2.20. The standard InChI is InChI=1S/C20H25IN2O5S/c1-4-27-18-11-6-15(12-19(18)28-5-2)13-22-20(24)14-23(29(3,25)26)17-9-7-16(21)8-10-17/h6-12H,4-5,13-14H2,1-3H3,(H,22,24). The number of nitrogens with one attached hydrogen (secondary N) is 1. The Hall–Kier alpha value is -2.01. The SMILES string of the molecule is CCOc1ccc(CNC(=O)CN(c2ccc(I)cc2)S(C)(=O)=O)cc1OCC. The van der Waals surface area contributed by atoms with Gasteiger partial charge < -0.3 is 14.8 Å². The van der Waals surface area contributed by atoms with Crippen LogP contribution in [-0.4, -0.2) is 40.3 Å². The third-order valence-corrected chi connectivity index (χ3v) is 5.76. The number of hydrogen-bond acceptors (Lipinski definition) is 5. The highest BCUT2D eigenvalue weighted by Crippen LogP contribution is 2.28. The van der Waals surface area contributed by atoms with Crippen LogP contribution < -0.4 is 19.1 Å². The molecule has 0 heterocycles. The van der Waals surface area contributed by atoms with E-state index >= 15 is 0 Å². The fraction of sp³-hybridized carbons (Fsp3) is 0.350. The summed E-state index contributed by atoms with van der Waals surface area (Å²) < 4.78 is 37.5. The van der Waals surface area contributed by atoms with E-state index < -0.39 is 15.9 Å². The van der Waals surface area contributed by atoms with Gasteiger partial charge in [0.2, 0.25) is 15.9 Å². The summed E-state index contributed by atoms with van der Waals surface area (Å²) in [6.45, 7) is 4.75. The van der Waals surface area contributed by atoms with Crippen molar-refractivity contribution >= 4 is 44.2 Å². The highest BCUT2D eigenvalue weighted by molar-refractivity contribution is 14.1. The lowest BCUT2D eigenvalue weighted by atomic mass is 10.2. The second-order valence-electron chi connectivity index (χ2n) is 6.17. The van der Waals surface area contributed by atoms with E-state index in [-0.39, 0.29) is 13.1 Å². The van der Waals surface area contributed by atoms with Crippen molar-refractivity contribution in [3.05, 3.63) is 51.6 Å². The Balaban J connectivity index is 2.07. The van der Waals surface area contributed by atoms with Crippen molar-refractivity contribution in [1.29, 1.82) is 0 Å². The second kappa shape index (κ2) is 10.7. The number of halogens is 1. The molecule has 7 nitrogen and oxygen atoms in total. The Kier molecular flexibility index (Phi) is 8.57. The van der Waals surface area contributed by atoms with Gasteiger partial charge in [-0.25, -0.2) is 8.42 Å². The van der Waals surface area contributed by atoms with Gasteiger partial charge in [0.25, 0.3) is 0 Å². The zero-order valence-electron chi connectivity index (χ0n) is 16.6. The van der Waals surface area contributed by atoms with E-state index in [9.17, 15) is 13.2 Å². The lowest BCUT2D eigenvalue weighted by molar-refractivity contribution is -0.119. The lowest BCUT2D eigenvalue weighted by Gasteiger charge is -2.22. The largest absolute Gasteiger partial charge is 0.490 e. The molecule has 0 atom stereocenters. The first-order chi connectivity index (χ1) is 13.7. The number of hydrogen-bond donors (Lipinski definition) is 1. The summed E-state index contributed by atoms with van der Waals surface area (Å²) in [5, 5.41) is 2.76. The van der Waals surface area contributed by atoms with Gasteiger partial charge in [0, 0.05) is 10.1 Å². The number of rotatable bonds is 10. The number of carbonyl (C=O) groups excluding carboxylic acids is 1. The minimum absolute atomic E-state index is 0.246. The average molecular weight is 532 g/mol. The molecule has 2 rings (SSSR count). The van der Waals surface area contributed by atoms with Gasteiger partial charge in [-0.2, -0.15) is 0 Å². The van der Waals surface area contributed by atoms with Gasteiger partial charge in [0.1, 0.15) is 6.54 Å². The van der Waals surface area contributed by atoms with Crippen molar-refractivity contribution in [2.75, 3.05) is 30.3 Å². The van der Waals surface area contributed by atoms with Gasteiger partial charge >= 0.3 is 0 Å². The van der Waals surface area contributed by atoms with Crippen LogP contribution in [0.4, 0.5) is 5.69 Å². The van der Waals surface area contributed by atoms with Crippen LogP contribution in [0.2, 0.25) is 0 Å². The summed E-state index contributed by atoms with van der Waals surface area (Å²) in [5.41, 5.74) is 1.27. The fourth-order valence-corrected chi connectivity index (χ4v) is 3.82. The Morgan fingerprint density at radius 2 is 1.66 bits per heavy atom. The molecule has 2 aromatic carbocycles. The van der Waals surface area contributed by atoms with Gasteiger partial charge in [-0.3, -0.25) is 9.10 Å². The Morgan fingerprint density at radius 3 is 2.24 bits per heavy atom. The third-order valence-electron chi connectivity index (χ3n) is 3.90. The monoisotopic (exact) mass is 532 g/mol. The van der Waals surface area contributed by atoms with Crippen LogP contribution in [0.25, 0.3) is 0 Å². The maximum Gasteiger partial charge on any atom is 0.241 e. The number of sulfonamides is 1. The molecular formula is C20H25IN2O5S. The molecule has 0 bridgehead atoms. The first-order valence-corrected chi connectivity index (χ1v) is 12.1. The number of anilines is 1. The Morgan fingerprint density at radius 1 is 1.03 bits per heavy atom. The maximum atomic E-state index is 12.4. The quantitative estimate of drug-likeness (QED) is 0.476. The van der Waals surface area contributed by atoms with E-state index in [1.54, 1.807) is 30.3 Å². The van der Waals surface area contributed by atoms with Crippen LogP contribution in [0.5, 0.6) is 11.5 Å². The molecule has 0 fully saturated rings. The number of carbonyl (C=O) groups is 1. The summed E-state index contributed by atoms with van der Waals surface area (Å²) in [5.74, 6) is 0.852. The number of benzene rings is 2. The Bertz CT molecular complexity index is 932. The molecule has 29 heavy (non-hydrogen) atoms. The summed E-state index contributed by atoms with van der Waals surface area (Å²) in [6.07, 6.45) is 1.08. The van der Waals surface area contributed by atoms with Crippen LogP contribution >= 0.6 is 22.6 Å². The van der Waals surface area contributed by atoms with Crippen LogP contribution in [0.15, 0.2) is 42.5 Å². The molecule has 0 radical (unpaired) electrons. The molecule has 0 aliphatic carbocycles. The lowest BCUT2D eigenvalue weighted by Crippen LogP contribution is -2.40. The van der Waals surface area contributed by atoms with E-state index in [1.165, 1.54) is 0 Å². The van der Waals surface area contributed by atoms with E-state index in [2.05, 4.69) is 27.9 Å². The molecule has 0 saturated heterocycles. The van der Waals surface area contributed by atoms with Gasteiger partial charge in [-0.1, -0.05) is 6.07 Å².